The molecule has 0 atom stereocenters. The number of carbonyl (C=O) groups is 1. The molecule has 0 aliphatic heterocycles. The summed E-state index contributed by atoms with van der Waals surface area (Å²) < 4.78 is 10.7. The van der Waals surface area contributed by atoms with Gasteiger partial charge < -0.3 is 14.8 Å². The lowest BCUT2D eigenvalue weighted by molar-refractivity contribution is -0.113. The third-order valence-corrected chi connectivity index (χ3v) is 4.07. The fourth-order valence-electron chi connectivity index (χ4n) is 1.81. The highest BCUT2D eigenvalue weighted by molar-refractivity contribution is 7.99. The first kappa shape index (κ1) is 17.5. The Morgan fingerprint density at radius 3 is 2.70 bits per heavy atom. The number of thioether (sulfide) groups is 1. The van der Waals surface area contributed by atoms with E-state index in [9.17, 15) is 4.79 Å². The molecular formula is C17H18ClNO3S. The van der Waals surface area contributed by atoms with Crippen molar-refractivity contribution in [2.75, 3.05) is 30.5 Å². The highest BCUT2D eigenvalue weighted by Crippen LogP contribution is 2.17. The van der Waals surface area contributed by atoms with Gasteiger partial charge in [0.2, 0.25) is 5.91 Å². The first-order chi connectivity index (χ1) is 11.2. The van der Waals surface area contributed by atoms with Gasteiger partial charge in [0.15, 0.2) is 0 Å². The first-order valence-corrected chi connectivity index (χ1v) is 8.60. The van der Waals surface area contributed by atoms with Crippen molar-refractivity contribution in [1.29, 1.82) is 0 Å². The zero-order chi connectivity index (χ0) is 16.5. The summed E-state index contributed by atoms with van der Waals surface area (Å²) in [4.78, 5) is 11.9. The quantitative estimate of drug-likeness (QED) is 0.727. The summed E-state index contributed by atoms with van der Waals surface area (Å²) >= 11 is 7.32. The number of anilines is 1. The van der Waals surface area contributed by atoms with E-state index in [1.807, 2.05) is 30.3 Å². The Bertz CT molecular complexity index is 634. The molecule has 0 aliphatic carbocycles. The number of carbonyl (C=O) groups excluding carboxylic acids is 1. The van der Waals surface area contributed by atoms with E-state index in [0.29, 0.717) is 23.1 Å². The average molecular weight is 352 g/mol. The van der Waals surface area contributed by atoms with E-state index in [0.717, 1.165) is 17.2 Å². The van der Waals surface area contributed by atoms with Gasteiger partial charge in [-0.2, -0.15) is 0 Å². The van der Waals surface area contributed by atoms with Crippen LogP contribution in [0.5, 0.6) is 11.5 Å². The van der Waals surface area contributed by atoms with Crippen LogP contribution in [-0.2, 0) is 4.79 Å². The Hall–Kier alpha value is -1.85. The van der Waals surface area contributed by atoms with Gasteiger partial charge in [0.05, 0.1) is 19.5 Å². The molecule has 0 spiro atoms. The van der Waals surface area contributed by atoms with Gasteiger partial charge in [-0.15, -0.1) is 11.8 Å². The van der Waals surface area contributed by atoms with Crippen LogP contribution in [0, 0.1) is 0 Å². The molecule has 2 rings (SSSR count). The molecule has 2 aromatic carbocycles. The van der Waals surface area contributed by atoms with Crippen molar-refractivity contribution in [2.45, 2.75) is 0 Å². The molecule has 23 heavy (non-hydrogen) atoms. The lowest BCUT2D eigenvalue weighted by Gasteiger charge is -2.08. The normalized spacial score (nSPS) is 10.2. The van der Waals surface area contributed by atoms with Crippen LogP contribution < -0.4 is 14.8 Å². The minimum atomic E-state index is -0.0465. The summed E-state index contributed by atoms with van der Waals surface area (Å²) in [5, 5.41) is 3.52. The number of halogens is 1. The minimum absolute atomic E-state index is 0.0465. The maximum Gasteiger partial charge on any atom is 0.234 e. The number of methoxy groups -OCH3 is 1. The fourth-order valence-corrected chi connectivity index (χ4v) is 2.54. The predicted molar refractivity (Wildman–Crippen MR) is 95.9 cm³/mol. The minimum Gasteiger partial charge on any atom is -0.497 e. The van der Waals surface area contributed by atoms with Crippen LogP contribution in [0.1, 0.15) is 0 Å². The second kappa shape index (κ2) is 9.33. The van der Waals surface area contributed by atoms with E-state index in [-0.39, 0.29) is 5.91 Å². The summed E-state index contributed by atoms with van der Waals surface area (Å²) in [6, 6.07) is 14.5. The zero-order valence-electron chi connectivity index (χ0n) is 12.8. The van der Waals surface area contributed by atoms with Crippen molar-refractivity contribution in [2.24, 2.45) is 0 Å². The van der Waals surface area contributed by atoms with E-state index < -0.39 is 0 Å². The van der Waals surface area contributed by atoms with Crippen molar-refractivity contribution >= 4 is 35.0 Å². The molecule has 1 amide bonds. The van der Waals surface area contributed by atoms with E-state index in [4.69, 9.17) is 21.1 Å². The van der Waals surface area contributed by atoms with Gasteiger partial charge in [-0.05, 0) is 36.4 Å². The number of benzene rings is 2. The predicted octanol–water partition coefficient (Wildman–Crippen LogP) is 4.10. The second-order valence-electron chi connectivity index (χ2n) is 4.64. The Morgan fingerprint density at radius 1 is 1.17 bits per heavy atom. The van der Waals surface area contributed by atoms with Crippen LogP contribution in [0.4, 0.5) is 5.69 Å². The summed E-state index contributed by atoms with van der Waals surface area (Å²) in [6.45, 7) is 0.540. The standard InChI is InChI=1S/C17H18ClNO3S/c1-21-16-4-2-3-14(11-16)19-17(20)12-23-10-9-22-15-7-5-13(18)6-8-15/h2-8,11H,9-10,12H2,1H3,(H,19,20). The van der Waals surface area contributed by atoms with E-state index in [1.165, 1.54) is 11.8 Å². The molecule has 6 heteroatoms. The fraction of sp³-hybridized carbons (Fsp3) is 0.235. The topological polar surface area (TPSA) is 47.6 Å². The van der Waals surface area contributed by atoms with Crippen LogP contribution >= 0.6 is 23.4 Å². The molecule has 122 valence electrons. The van der Waals surface area contributed by atoms with Crippen LogP contribution in [0.25, 0.3) is 0 Å². The van der Waals surface area contributed by atoms with Gasteiger partial charge in [-0.1, -0.05) is 17.7 Å². The largest absolute Gasteiger partial charge is 0.497 e. The number of hydrogen-bond acceptors (Lipinski definition) is 4. The Balaban J connectivity index is 1.63. The SMILES string of the molecule is COc1cccc(NC(=O)CSCCOc2ccc(Cl)cc2)c1. The van der Waals surface area contributed by atoms with Crippen molar-refractivity contribution in [3.05, 3.63) is 53.6 Å². The van der Waals surface area contributed by atoms with Crippen molar-refractivity contribution < 1.29 is 14.3 Å². The monoisotopic (exact) mass is 351 g/mol. The number of nitrogens with one attached hydrogen (secondary N) is 1. The van der Waals surface area contributed by atoms with E-state index in [1.54, 1.807) is 25.3 Å². The number of rotatable bonds is 8. The Kier molecular flexibility index (Phi) is 7.10. The van der Waals surface area contributed by atoms with Gasteiger partial charge >= 0.3 is 0 Å². The number of hydrogen-bond donors (Lipinski definition) is 1. The van der Waals surface area contributed by atoms with Gasteiger partial charge in [0.1, 0.15) is 11.5 Å². The summed E-state index contributed by atoms with van der Waals surface area (Å²) in [5.74, 6) is 2.55. The third-order valence-electron chi connectivity index (χ3n) is 2.90. The smallest absolute Gasteiger partial charge is 0.234 e. The summed E-state index contributed by atoms with van der Waals surface area (Å²) in [5.41, 5.74) is 0.729. The molecule has 0 aliphatic rings. The third kappa shape index (κ3) is 6.42. The molecule has 0 saturated heterocycles. The first-order valence-electron chi connectivity index (χ1n) is 7.07. The van der Waals surface area contributed by atoms with Crippen LogP contribution in [-0.4, -0.2) is 31.1 Å². The molecule has 0 unspecified atom stereocenters. The molecule has 0 aromatic heterocycles. The van der Waals surface area contributed by atoms with E-state index >= 15 is 0 Å². The summed E-state index contributed by atoms with van der Waals surface area (Å²) in [6.07, 6.45) is 0. The second-order valence-corrected chi connectivity index (χ2v) is 6.18. The molecule has 2 aromatic rings. The average Bonchev–Trinajstić information content (AvgIpc) is 2.56. The van der Waals surface area contributed by atoms with Gasteiger partial charge in [0.25, 0.3) is 0 Å². The highest BCUT2D eigenvalue weighted by atomic mass is 35.5. The van der Waals surface area contributed by atoms with E-state index in [2.05, 4.69) is 5.32 Å². The molecule has 0 radical (unpaired) electrons. The van der Waals surface area contributed by atoms with Gasteiger partial charge in [0, 0.05) is 22.5 Å². The lowest BCUT2D eigenvalue weighted by atomic mass is 10.3. The number of amides is 1. The van der Waals surface area contributed by atoms with Crippen molar-refractivity contribution in [3.63, 3.8) is 0 Å². The Labute approximate surface area is 145 Å². The maximum absolute atomic E-state index is 11.9. The molecule has 0 saturated carbocycles. The molecule has 4 nitrogen and oxygen atoms in total. The van der Waals surface area contributed by atoms with Gasteiger partial charge in [-0.3, -0.25) is 4.79 Å². The number of ether oxygens (including phenoxy) is 2. The lowest BCUT2D eigenvalue weighted by Crippen LogP contribution is -2.15. The van der Waals surface area contributed by atoms with Gasteiger partial charge in [-0.25, -0.2) is 0 Å². The maximum atomic E-state index is 11.9. The van der Waals surface area contributed by atoms with Crippen LogP contribution in [0.2, 0.25) is 5.02 Å². The molecular weight excluding hydrogens is 334 g/mol. The molecule has 0 bridgehead atoms. The summed E-state index contributed by atoms with van der Waals surface area (Å²) in [7, 11) is 1.59. The van der Waals surface area contributed by atoms with Crippen LogP contribution in [0.15, 0.2) is 48.5 Å². The molecule has 0 fully saturated rings. The zero-order valence-corrected chi connectivity index (χ0v) is 14.3. The molecule has 0 heterocycles. The van der Waals surface area contributed by atoms with Crippen molar-refractivity contribution in [3.8, 4) is 11.5 Å². The Morgan fingerprint density at radius 2 is 1.96 bits per heavy atom. The van der Waals surface area contributed by atoms with Crippen molar-refractivity contribution in [1.82, 2.24) is 0 Å². The van der Waals surface area contributed by atoms with Crippen LogP contribution in [0.3, 0.4) is 0 Å². The molecule has 1 N–H and O–H groups in total. The highest BCUT2D eigenvalue weighted by Gasteiger charge is 2.03.